The molecule has 0 spiro atoms. The first kappa shape index (κ1) is 13.1. The van der Waals surface area contributed by atoms with Crippen LogP contribution in [-0.4, -0.2) is 36.0 Å². The predicted molar refractivity (Wildman–Crippen MR) is 78.4 cm³/mol. The molecule has 6 nitrogen and oxygen atoms in total. The van der Waals surface area contributed by atoms with Crippen LogP contribution >= 0.6 is 0 Å². The number of rotatable bonds is 4. The fraction of sp³-hybridized carbons (Fsp3) is 0.308. The molecule has 0 fully saturated rings. The van der Waals surface area contributed by atoms with Crippen LogP contribution in [0, 0.1) is 0 Å². The highest BCUT2D eigenvalue weighted by atomic mass is 16.5. The van der Waals surface area contributed by atoms with Gasteiger partial charge in [-0.15, -0.1) is 0 Å². The number of amidine groups is 1. The van der Waals surface area contributed by atoms with E-state index < -0.39 is 0 Å². The zero-order chi connectivity index (χ0) is 13.7. The molecule has 6 heteroatoms. The summed E-state index contributed by atoms with van der Waals surface area (Å²) < 4.78 is 5.35. The highest BCUT2D eigenvalue weighted by molar-refractivity contribution is 6.00. The predicted octanol–water partition coefficient (Wildman–Crippen LogP) is 2.45. The molecule has 2 rings (SSSR count). The number of anilines is 1. The van der Waals surface area contributed by atoms with E-state index >= 15 is 0 Å². The van der Waals surface area contributed by atoms with Gasteiger partial charge in [-0.2, -0.15) is 5.10 Å². The second kappa shape index (κ2) is 5.99. The second-order valence-electron chi connectivity index (χ2n) is 3.96. The Labute approximate surface area is 111 Å². The number of hydrogen-bond acceptors (Lipinski definition) is 3. The van der Waals surface area contributed by atoms with Crippen LogP contribution in [0.15, 0.2) is 28.3 Å². The Morgan fingerprint density at radius 1 is 1.53 bits per heavy atom. The molecular weight excluding hydrogens is 242 g/mol. The molecule has 0 aliphatic heterocycles. The first-order valence-corrected chi connectivity index (χ1v) is 6.05. The van der Waals surface area contributed by atoms with E-state index in [4.69, 9.17) is 4.74 Å². The number of hydrogen-bond donors (Lipinski definition) is 2. The lowest BCUT2D eigenvalue weighted by Gasteiger charge is -2.10. The second-order valence-corrected chi connectivity index (χ2v) is 3.96. The maximum atomic E-state index is 5.35. The minimum absolute atomic E-state index is 0.723. The third-order valence-corrected chi connectivity index (χ3v) is 2.59. The summed E-state index contributed by atoms with van der Waals surface area (Å²) in [5.74, 6) is 1.48. The van der Waals surface area contributed by atoms with E-state index in [9.17, 15) is 0 Å². The van der Waals surface area contributed by atoms with E-state index in [0.29, 0.717) is 0 Å². The molecule has 1 aromatic heterocycles. The molecule has 0 radical (unpaired) electrons. The lowest BCUT2D eigenvalue weighted by Crippen LogP contribution is -2.08. The molecule has 19 heavy (non-hydrogen) atoms. The van der Waals surface area contributed by atoms with Gasteiger partial charge in [-0.25, -0.2) is 4.99 Å². The van der Waals surface area contributed by atoms with Crippen LogP contribution in [0.25, 0.3) is 10.9 Å². The average molecular weight is 259 g/mol. The van der Waals surface area contributed by atoms with Gasteiger partial charge in [-0.05, 0) is 19.9 Å². The van der Waals surface area contributed by atoms with Crippen LogP contribution in [0.1, 0.15) is 13.8 Å². The first-order valence-electron chi connectivity index (χ1n) is 6.05. The van der Waals surface area contributed by atoms with Crippen molar-refractivity contribution in [2.75, 3.05) is 19.0 Å². The van der Waals surface area contributed by atoms with Crippen LogP contribution in [0.3, 0.4) is 0 Å². The zero-order valence-electron chi connectivity index (χ0n) is 11.3. The number of aromatic nitrogens is 2. The maximum absolute atomic E-state index is 5.35. The van der Waals surface area contributed by atoms with Crippen molar-refractivity contribution in [3.05, 3.63) is 18.3 Å². The minimum Gasteiger partial charge on any atom is -0.494 e. The third-order valence-electron chi connectivity index (χ3n) is 2.59. The number of aromatic amines is 1. The van der Waals surface area contributed by atoms with Crippen molar-refractivity contribution in [1.29, 1.82) is 0 Å². The molecule has 2 N–H and O–H groups in total. The number of benzene rings is 1. The van der Waals surface area contributed by atoms with Crippen molar-refractivity contribution in [1.82, 2.24) is 10.2 Å². The number of aliphatic imine (C=N–C) groups is 2. The zero-order valence-corrected chi connectivity index (χ0v) is 11.3. The van der Waals surface area contributed by atoms with Crippen molar-refractivity contribution in [2.24, 2.45) is 9.98 Å². The summed E-state index contributed by atoms with van der Waals surface area (Å²) in [7, 11) is 1.63. The van der Waals surface area contributed by atoms with E-state index in [-0.39, 0.29) is 0 Å². The SMILES string of the molecule is CCN=CN=C(C)Nc1cc2cn[nH]c2cc1OC. The number of nitrogens with one attached hydrogen (secondary N) is 2. The molecule has 0 bridgehead atoms. The summed E-state index contributed by atoms with van der Waals surface area (Å²) in [6.07, 6.45) is 3.32. The largest absolute Gasteiger partial charge is 0.494 e. The van der Waals surface area contributed by atoms with Gasteiger partial charge in [0.15, 0.2) is 0 Å². The van der Waals surface area contributed by atoms with E-state index in [1.54, 1.807) is 19.6 Å². The maximum Gasteiger partial charge on any atom is 0.144 e. The Bertz CT molecular complexity index is 615. The van der Waals surface area contributed by atoms with Crippen molar-refractivity contribution in [3.63, 3.8) is 0 Å². The summed E-state index contributed by atoms with van der Waals surface area (Å²) in [5, 5.41) is 11.1. The van der Waals surface area contributed by atoms with Gasteiger partial charge >= 0.3 is 0 Å². The quantitative estimate of drug-likeness (QED) is 0.654. The van der Waals surface area contributed by atoms with E-state index in [2.05, 4.69) is 25.5 Å². The molecule has 1 aromatic carbocycles. The van der Waals surface area contributed by atoms with Gasteiger partial charge in [0.25, 0.3) is 0 Å². The summed E-state index contributed by atoms with van der Waals surface area (Å²) in [4.78, 5) is 8.23. The molecule has 0 saturated carbocycles. The van der Waals surface area contributed by atoms with Gasteiger partial charge in [0, 0.05) is 18.0 Å². The van der Waals surface area contributed by atoms with Gasteiger partial charge in [-0.1, -0.05) is 0 Å². The smallest absolute Gasteiger partial charge is 0.144 e. The monoisotopic (exact) mass is 259 g/mol. The first-order chi connectivity index (χ1) is 9.24. The molecule has 0 aliphatic rings. The number of fused-ring (bicyclic) bond motifs is 1. The van der Waals surface area contributed by atoms with Crippen molar-refractivity contribution in [3.8, 4) is 5.75 Å². The highest BCUT2D eigenvalue weighted by Crippen LogP contribution is 2.29. The summed E-state index contributed by atoms with van der Waals surface area (Å²) in [6.45, 7) is 4.56. The Hall–Kier alpha value is -2.37. The Morgan fingerprint density at radius 3 is 3.11 bits per heavy atom. The highest BCUT2D eigenvalue weighted by Gasteiger charge is 2.07. The van der Waals surface area contributed by atoms with Crippen molar-refractivity contribution in [2.45, 2.75) is 13.8 Å². The van der Waals surface area contributed by atoms with Crippen LogP contribution in [0.4, 0.5) is 5.69 Å². The van der Waals surface area contributed by atoms with Crippen molar-refractivity contribution < 1.29 is 4.74 Å². The minimum atomic E-state index is 0.723. The van der Waals surface area contributed by atoms with Gasteiger partial charge < -0.3 is 10.1 Å². The third kappa shape index (κ3) is 3.09. The number of nitrogens with zero attached hydrogens (tertiary/aromatic N) is 3. The molecule has 0 amide bonds. The molecule has 0 atom stereocenters. The molecule has 100 valence electrons. The summed E-state index contributed by atoms with van der Waals surface area (Å²) in [5.41, 5.74) is 1.78. The summed E-state index contributed by atoms with van der Waals surface area (Å²) in [6, 6.07) is 3.87. The average Bonchev–Trinajstić information content (AvgIpc) is 2.85. The van der Waals surface area contributed by atoms with E-state index in [0.717, 1.165) is 34.7 Å². The molecule has 2 aromatic rings. The van der Waals surface area contributed by atoms with Crippen molar-refractivity contribution >= 4 is 28.8 Å². The lowest BCUT2D eigenvalue weighted by molar-refractivity contribution is 0.417. The van der Waals surface area contributed by atoms with Crippen LogP contribution in [-0.2, 0) is 0 Å². The molecule has 0 unspecified atom stereocenters. The molecule has 0 aliphatic carbocycles. The number of ether oxygens (including phenoxy) is 1. The molecule has 0 saturated heterocycles. The molecule has 1 heterocycles. The Morgan fingerprint density at radius 2 is 2.37 bits per heavy atom. The fourth-order valence-corrected chi connectivity index (χ4v) is 1.67. The topological polar surface area (TPSA) is 74.7 Å². The lowest BCUT2D eigenvalue weighted by atomic mass is 10.2. The normalized spacial score (nSPS) is 12.3. The van der Waals surface area contributed by atoms with Gasteiger partial charge in [-0.3, -0.25) is 10.1 Å². The van der Waals surface area contributed by atoms with E-state index in [1.165, 1.54) is 0 Å². The van der Waals surface area contributed by atoms with Gasteiger partial charge in [0.2, 0.25) is 0 Å². The van der Waals surface area contributed by atoms with Gasteiger partial charge in [0.05, 0.1) is 24.5 Å². The van der Waals surface area contributed by atoms with Crippen LogP contribution < -0.4 is 10.1 Å². The fourth-order valence-electron chi connectivity index (χ4n) is 1.67. The Kier molecular flexibility index (Phi) is 4.12. The Balaban J connectivity index is 2.27. The van der Waals surface area contributed by atoms with Gasteiger partial charge in [0.1, 0.15) is 17.9 Å². The number of methoxy groups -OCH3 is 1. The summed E-state index contributed by atoms with van der Waals surface area (Å²) >= 11 is 0. The van der Waals surface area contributed by atoms with Crippen LogP contribution in [0.2, 0.25) is 0 Å². The molecular formula is C13H17N5O. The van der Waals surface area contributed by atoms with E-state index in [1.807, 2.05) is 26.0 Å². The van der Waals surface area contributed by atoms with Crippen LogP contribution in [0.5, 0.6) is 5.75 Å². The standard InChI is InChI=1S/C13H17N5O/c1-4-14-8-15-9(2)17-12-5-10-7-16-18-11(10)6-13(12)19-3/h5-8H,4H2,1-3H3,(H,16,18)(H,14,15,17). The number of H-pyrrole nitrogens is 1.